The number of rotatable bonds is 7. The highest BCUT2D eigenvalue weighted by Crippen LogP contribution is 2.43. The minimum Gasteiger partial charge on any atom is -0.496 e. The molecule has 1 fully saturated rings. The number of carboxylic acid groups (broad SMARTS) is 1. The topological polar surface area (TPSA) is 68.2 Å². The van der Waals surface area contributed by atoms with Gasteiger partial charge in [-0.05, 0) is 43.1 Å². The van der Waals surface area contributed by atoms with Crippen molar-refractivity contribution in [3.63, 3.8) is 0 Å². The van der Waals surface area contributed by atoms with Crippen LogP contribution in [-0.2, 0) is 11.0 Å². The zero-order valence-electron chi connectivity index (χ0n) is 18.1. The predicted molar refractivity (Wildman–Crippen MR) is 111 cm³/mol. The Morgan fingerprint density at radius 2 is 1.72 bits per heavy atom. The molecule has 0 saturated carbocycles. The molecule has 2 aromatic carbocycles. The third-order valence-corrected chi connectivity index (χ3v) is 5.73. The Bertz CT molecular complexity index is 963. The molecule has 9 heteroatoms. The van der Waals surface area contributed by atoms with E-state index in [4.69, 9.17) is 14.2 Å². The zero-order chi connectivity index (χ0) is 23.5. The van der Waals surface area contributed by atoms with E-state index in [1.165, 1.54) is 27.4 Å². The lowest BCUT2D eigenvalue weighted by Crippen LogP contribution is -2.41. The number of methoxy groups -OCH3 is 3. The summed E-state index contributed by atoms with van der Waals surface area (Å²) in [5, 5.41) is 9.54. The average molecular weight is 453 g/mol. The molecule has 0 bridgehead atoms. The van der Waals surface area contributed by atoms with Crippen LogP contribution >= 0.6 is 0 Å². The van der Waals surface area contributed by atoms with Gasteiger partial charge in [0.15, 0.2) is 11.5 Å². The molecule has 2 aromatic rings. The van der Waals surface area contributed by atoms with Gasteiger partial charge in [0.1, 0.15) is 5.75 Å². The zero-order valence-corrected chi connectivity index (χ0v) is 18.1. The molecule has 0 radical (unpaired) electrons. The Hall–Kier alpha value is -2.94. The van der Waals surface area contributed by atoms with Crippen molar-refractivity contribution < 1.29 is 37.3 Å². The SMILES string of the molecule is COc1cc(OC)c(C(c2cccc(C(F)(F)F)c2)N2CCCC(C(=O)O)C2)cc1OC. The molecule has 1 saturated heterocycles. The molecular weight excluding hydrogens is 427 g/mol. The van der Waals surface area contributed by atoms with E-state index in [-0.39, 0.29) is 6.54 Å². The largest absolute Gasteiger partial charge is 0.496 e. The second kappa shape index (κ2) is 9.68. The van der Waals surface area contributed by atoms with E-state index >= 15 is 0 Å². The number of nitrogens with zero attached hydrogens (tertiary/aromatic N) is 1. The van der Waals surface area contributed by atoms with E-state index in [0.29, 0.717) is 47.8 Å². The van der Waals surface area contributed by atoms with Crippen molar-refractivity contribution in [3.05, 3.63) is 53.1 Å². The molecule has 0 aromatic heterocycles. The lowest BCUT2D eigenvalue weighted by Gasteiger charge is -2.38. The maximum atomic E-state index is 13.5. The molecule has 3 rings (SSSR count). The number of carbonyl (C=O) groups is 1. The van der Waals surface area contributed by atoms with Gasteiger partial charge in [0.05, 0.1) is 38.9 Å². The third-order valence-electron chi connectivity index (χ3n) is 5.73. The summed E-state index contributed by atoms with van der Waals surface area (Å²) < 4.78 is 56.7. The summed E-state index contributed by atoms with van der Waals surface area (Å²) in [7, 11) is 4.41. The third kappa shape index (κ3) is 4.93. The second-order valence-corrected chi connectivity index (χ2v) is 7.65. The van der Waals surface area contributed by atoms with E-state index in [1.54, 1.807) is 18.2 Å². The van der Waals surface area contributed by atoms with Crippen LogP contribution < -0.4 is 14.2 Å². The number of benzene rings is 2. The normalized spacial score (nSPS) is 18.1. The summed E-state index contributed by atoms with van der Waals surface area (Å²) >= 11 is 0. The fraction of sp³-hybridized carbons (Fsp3) is 0.435. The summed E-state index contributed by atoms with van der Waals surface area (Å²) in [6, 6.07) is 7.71. The van der Waals surface area contributed by atoms with Crippen molar-refractivity contribution in [2.24, 2.45) is 5.92 Å². The van der Waals surface area contributed by atoms with Crippen molar-refractivity contribution in [3.8, 4) is 17.2 Å². The van der Waals surface area contributed by atoms with Crippen molar-refractivity contribution in [1.29, 1.82) is 0 Å². The monoisotopic (exact) mass is 453 g/mol. The first-order valence-electron chi connectivity index (χ1n) is 10.1. The first kappa shape index (κ1) is 23.7. The Kier molecular flexibility index (Phi) is 7.18. The minimum atomic E-state index is -4.51. The molecule has 1 aliphatic heterocycles. The molecule has 2 atom stereocenters. The summed E-state index contributed by atoms with van der Waals surface area (Å²) in [5.74, 6) is -0.313. The van der Waals surface area contributed by atoms with Crippen LogP contribution in [0.5, 0.6) is 17.2 Å². The molecule has 6 nitrogen and oxygen atoms in total. The molecule has 1 heterocycles. The molecule has 1 aliphatic rings. The van der Waals surface area contributed by atoms with Crippen LogP contribution in [0.2, 0.25) is 0 Å². The first-order valence-corrected chi connectivity index (χ1v) is 10.1. The number of piperidine rings is 1. The van der Waals surface area contributed by atoms with Crippen molar-refractivity contribution in [2.45, 2.75) is 25.1 Å². The van der Waals surface area contributed by atoms with E-state index < -0.39 is 29.7 Å². The van der Waals surface area contributed by atoms with Crippen LogP contribution in [0.15, 0.2) is 36.4 Å². The highest BCUT2D eigenvalue weighted by molar-refractivity contribution is 5.70. The summed E-state index contributed by atoms with van der Waals surface area (Å²) in [5.41, 5.74) is 0.179. The van der Waals surface area contributed by atoms with E-state index in [2.05, 4.69) is 0 Å². The van der Waals surface area contributed by atoms with Gasteiger partial charge < -0.3 is 19.3 Å². The molecule has 174 valence electrons. The number of ether oxygens (including phenoxy) is 3. The van der Waals surface area contributed by atoms with E-state index in [1.807, 2.05) is 4.90 Å². The lowest BCUT2D eigenvalue weighted by molar-refractivity contribution is -0.143. The fourth-order valence-corrected chi connectivity index (χ4v) is 4.18. The van der Waals surface area contributed by atoms with Gasteiger partial charge in [-0.15, -0.1) is 0 Å². The number of carboxylic acids is 1. The van der Waals surface area contributed by atoms with Crippen LogP contribution in [0.3, 0.4) is 0 Å². The maximum absolute atomic E-state index is 13.5. The van der Waals surface area contributed by atoms with Crippen LogP contribution in [0, 0.1) is 5.92 Å². The van der Waals surface area contributed by atoms with Gasteiger partial charge >= 0.3 is 12.1 Å². The smallest absolute Gasteiger partial charge is 0.416 e. The Morgan fingerprint density at radius 3 is 2.31 bits per heavy atom. The van der Waals surface area contributed by atoms with E-state index in [9.17, 15) is 23.1 Å². The molecule has 0 spiro atoms. The number of alkyl halides is 3. The number of likely N-dealkylation sites (tertiary alicyclic amines) is 1. The molecule has 0 aliphatic carbocycles. The number of hydrogen-bond acceptors (Lipinski definition) is 5. The molecule has 32 heavy (non-hydrogen) atoms. The van der Waals surface area contributed by atoms with Gasteiger partial charge in [-0.3, -0.25) is 9.69 Å². The summed E-state index contributed by atoms with van der Waals surface area (Å²) in [6.07, 6.45) is -3.38. The lowest BCUT2D eigenvalue weighted by atomic mass is 9.90. The van der Waals surface area contributed by atoms with Crippen LogP contribution in [-0.4, -0.2) is 50.4 Å². The summed E-state index contributed by atoms with van der Waals surface area (Å²) in [6.45, 7) is 0.732. The minimum absolute atomic E-state index is 0.202. The molecule has 1 N–H and O–H groups in total. The molecule has 0 amide bonds. The van der Waals surface area contributed by atoms with Gasteiger partial charge in [0.2, 0.25) is 0 Å². The second-order valence-electron chi connectivity index (χ2n) is 7.65. The Balaban J connectivity index is 2.19. The highest BCUT2D eigenvalue weighted by atomic mass is 19.4. The summed E-state index contributed by atoms with van der Waals surface area (Å²) in [4.78, 5) is 13.5. The maximum Gasteiger partial charge on any atom is 0.416 e. The number of aliphatic carboxylic acids is 1. The first-order chi connectivity index (χ1) is 15.2. The van der Waals surface area contributed by atoms with Crippen molar-refractivity contribution >= 4 is 5.97 Å². The fourth-order valence-electron chi connectivity index (χ4n) is 4.18. The van der Waals surface area contributed by atoms with Gasteiger partial charge in [0, 0.05) is 18.2 Å². The van der Waals surface area contributed by atoms with Gasteiger partial charge in [-0.2, -0.15) is 13.2 Å². The van der Waals surface area contributed by atoms with Crippen molar-refractivity contribution in [1.82, 2.24) is 4.90 Å². The number of halogens is 3. The van der Waals surface area contributed by atoms with Crippen LogP contribution in [0.1, 0.15) is 35.6 Å². The van der Waals surface area contributed by atoms with Crippen LogP contribution in [0.4, 0.5) is 13.2 Å². The van der Waals surface area contributed by atoms with Gasteiger partial charge in [-0.1, -0.05) is 12.1 Å². The standard InChI is InChI=1S/C23H26F3NO5/c1-30-18-12-20(32-3)19(31-2)11-17(18)21(27-9-5-7-15(13-27)22(28)29)14-6-4-8-16(10-14)23(24,25)26/h4,6,8,10-12,15,21H,5,7,9,13H2,1-3H3,(H,28,29). The Labute approximate surface area is 184 Å². The predicted octanol–water partition coefficient (Wildman–Crippen LogP) is 4.62. The van der Waals surface area contributed by atoms with Crippen molar-refractivity contribution in [2.75, 3.05) is 34.4 Å². The number of hydrogen-bond donors (Lipinski definition) is 1. The van der Waals surface area contributed by atoms with Crippen LogP contribution in [0.25, 0.3) is 0 Å². The van der Waals surface area contributed by atoms with Gasteiger partial charge in [-0.25, -0.2) is 0 Å². The van der Waals surface area contributed by atoms with Gasteiger partial charge in [0.25, 0.3) is 0 Å². The molecular formula is C23H26F3NO5. The highest BCUT2D eigenvalue weighted by Gasteiger charge is 2.36. The quantitative estimate of drug-likeness (QED) is 0.660. The van der Waals surface area contributed by atoms with E-state index in [0.717, 1.165) is 12.1 Å². The Morgan fingerprint density at radius 1 is 1.06 bits per heavy atom. The molecule has 2 unspecified atom stereocenters. The average Bonchev–Trinajstić information content (AvgIpc) is 2.78.